The van der Waals surface area contributed by atoms with E-state index in [1.165, 1.54) is 0 Å². The van der Waals surface area contributed by atoms with Crippen LogP contribution in [0.2, 0.25) is 0 Å². The minimum atomic E-state index is -3.26. The predicted octanol–water partition coefficient (Wildman–Crippen LogP) is 1.80. The summed E-state index contributed by atoms with van der Waals surface area (Å²) in [7, 11) is -3.26. The molecule has 1 heterocycles. The Kier molecular flexibility index (Phi) is 3.92. The van der Waals surface area contributed by atoms with Gasteiger partial charge in [-0.1, -0.05) is 6.07 Å². The van der Waals surface area contributed by atoms with Crippen LogP contribution in [0.3, 0.4) is 0 Å². The van der Waals surface area contributed by atoms with Crippen molar-refractivity contribution in [2.45, 2.75) is 32.7 Å². The topological polar surface area (TPSA) is 58.2 Å². The summed E-state index contributed by atoms with van der Waals surface area (Å²) < 4.78 is 26.7. The highest BCUT2D eigenvalue weighted by Gasteiger charge is 2.21. The maximum absolute atomic E-state index is 12.0. The number of benzene rings is 1. The van der Waals surface area contributed by atoms with Gasteiger partial charge in [0.1, 0.15) is 0 Å². The molecular formula is C13H20N2O2S. The van der Waals surface area contributed by atoms with Crippen LogP contribution in [0.4, 0.5) is 5.69 Å². The Hall–Kier alpha value is -1.07. The summed E-state index contributed by atoms with van der Waals surface area (Å²) in [4.78, 5) is 0. The molecule has 2 N–H and O–H groups in total. The highest BCUT2D eigenvalue weighted by atomic mass is 32.2. The van der Waals surface area contributed by atoms with E-state index < -0.39 is 10.0 Å². The Balaban J connectivity index is 2.06. The fourth-order valence-electron chi connectivity index (χ4n) is 2.42. The van der Waals surface area contributed by atoms with Crippen molar-refractivity contribution in [1.29, 1.82) is 0 Å². The summed E-state index contributed by atoms with van der Waals surface area (Å²) >= 11 is 0. The van der Waals surface area contributed by atoms with Crippen LogP contribution in [0.5, 0.6) is 0 Å². The van der Waals surface area contributed by atoms with Crippen LogP contribution in [0.1, 0.15) is 24.0 Å². The Labute approximate surface area is 109 Å². The lowest BCUT2D eigenvalue weighted by Gasteiger charge is -2.13. The lowest BCUT2D eigenvalue weighted by Crippen LogP contribution is -2.32. The molecule has 0 spiro atoms. The maximum atomic E-state index is 12.0. The molecule has 1 aromatic rings. The molecule has 0 amide bonds. The fraction of sp³-hybridized carbons (Fsp3) is 0.538. The minimum absolute atomic E-state index is 0.0911. The van der Waals surface area contributed by atoms with Gasteiger partial charge in [-0.25, -0.2) is 8.42 Å². The van der Waals surface area contributed by atoms with E-state index in [-0.39, 0.29) is 11.8 Å². The second kappa shape index (κ2) is 5.28. The zero-order valence-electron chi connectivity index (χ0n) is 10.9. The molecule has 1 fully saturated rings. The first-order chi connectivity index (χ1) is 8.44. The average Bonchev–Trinajstić information content (AvgIpc) is 2.66. The van der Waals surface area contributed by atoms with E-state index in [1.807, 2.05) is 32.0 Å². The molecule has 1 unspecified atom stereocenters. The Morgan fingerprint density at radius 2 is 1.94 bits per heavy atom. The quantitative estimate of drug-likeness (QED) is 0.875. The van der Waals surface area contributed by atoms with Gasteiger partial charge in [-0.2, -0.15) is 0 Å². The highest BCUT2D eigenvalue weighted by Crippen LogP contribution is 2.16. The molecule has 1 saturated heterocycles. The summed E-state index contributed by atoms with van der Waals surface area (Å²) in [5.74, 6) is 0.153. The molecular weight excluding hydrogens is 248 g/mol. The molecule has 1 aliphatic rings. The van der Waals surface area contributed by atoms with Crippen molar-refractivity contribution in [2.24, 2.45) is 0 Å². The molecule has 1 atom stereocenters. The van der Waals surface area contributed by atoms with E-state index in [0.717, 1.165) is 30.5 Å². The van der Waals surface area contributed by atoms with Gasteiger partial charge in [-0.3, -0.25) is 4.72 Å². The van der Waals surface area contributed by atoms with Gasteiger partial charge in [-0.05, 0) is 56.5 Å². The third kappa shape index (κ3) is 3.71. The van der Waals surface area contributed by atoms with Gasteiger partial charge in [-0.15, -0.1) is 0 Å². The van der Waals surface area contributed by atoms with Gasteiger partial charge in [0.15, 0.2) is 0 Å². The van der Waals surface area contributed by atoms with Crippen molar-refractivity contribution in [3.8, 4) is 0 Å². The van der Waals surface area contributed by atoms with Crippen LogP contribution in [0.15, 0.2) is 18.2 Å². The van der Waals surface area contributed by atoms with E-state index in [2.05, 4.69) is 10.0 Å². The molecule has 100 valence electrons. The van der Waals surface area contributed by atoms with Crippen LogP contribution in [-0.4, -0.2) is 26.8 Å². The van der Waals surface area contributed by atoms with Gasteiger partial charge in [0.2, 0.25) is 10.0 Å². The van der Waals surface area contributed by atoms with Crippen LogP contribution < -0.4 is 10.0 Å². The lowest BCUT2D eigenvalue weighted by molar-refractivity contribution is 0.582. The number of aryl methyl sites for hydroxylation is 2. The lowest BCUT2D eigenvalue weighted by atomic mass is 10.1. The molecule has 1 aliphatic heterocycles. The van der Waals surface area contributed by atoms with Crippen molar-refractivity contribution < 1.29 is 8.42 Å². The SMILES string of the molecule is Cc1cc(C)cc(NS(=O)(=O)CC2CCCN2)c1. The minimum Gasteiger partial charge on any atom is -0.313 e. The Morgan fingerprint density at radius 1 is 1.28 bits per heavy atom. The van der Waals surface area contributed by atoms with Gasteiger partial charge in [0.05, 0.1) is 5.75 Å². The molecule has 4 nitrogen and oxygen atoms in total. The van der Waals surface area contributed by atoms with Crippen molar-refractivity contribution in [2.75, 3.05) is 17.0 Å². The van der Waals surface area contributed by atoms with E-state index in [1.54, 1.807) is 0 Å². The first-order valence-electron chi connectivity index (χ1n) is 6.27. The van der Waals surface area contributed by atoms with Crippen LogP contribution >= 0.6 is 0 Å². The standard InChI is InChI=1S/C13H20N2O2S/c1-10-6-11(2)8-13(7-10)15-18(16,17)9-12-4-3-5-14-12/h6-8,12,14-15H,3-5,9H2,1-2H3. The number of sulfonamides is 1. The number of hydrogen-bond donors (Lipinski definition) is 2. The molecule has 5 heteroatoms. The molecule has 1 aromatic carbocycles. The van der Waals surface area contributed by atoms with Crippen molar-refractivity contribution in [3.63, 3.8) is 0 Å². The Bertz CT molecular complexity index is 500. The third-order valence-electron chi connectivity index (χ3n) is 3.08. The normalized spacial score (nSPS) is 20.0. The summed E-state index contributed by atoms with van der Waals surface area (Å²) in [5.41, 5.74) is 2.78. The first kappa shape index (κ1) is 13.4. The molecule has 0 aliphatic carbocycles. The van der Waals surface area contributed by atoms with Gasteiger partial charge < -0.3 is 5.32 Å². The molecule has 0 saturated carbocycles. The number of rotatable bonds is 4. The van der Waals surface area contributed by atoms with E-state index in [4.69, 9.17) is 0 Å². The molecule has 0 bridgehead atoms. The smallest absolute Gasteiger partial charge is 0.234 e. The molecule has 0 aromatic heterocycles. The molecule has 0 radical (unpaired) electrons. The summed E-state index contributed by atoms with van der Waals surface area (Å²) in [6, 6.07) is 5.82. The molecule has 2 rings (SSSR count). The number of anilines is 1. The van der Waals surface area contributed by atoms with Gasteiger partial charge in [0.25, 0.3) is 0 Å². The summed E-state index contributed by atoms with van der Waals surface area (Å²) in [6.45, 7) is 4.84. The number of hydrogen-bond acceptors (Lipinski definition) is 3. The highest BCUT2D eigenvalue weighted by molar-refractivity contribution is 7.92. The van der Waals surface area contributed by atoms with Gasteiger partial charge in [0, 0.05) is 11.7 Å². The average molecular weight is 268 g/mol. The maximum Gasteiger partial charge on any atom is 0.234 e. The van der Waals surface area contributed by atoms with Crippen LogP contribution in [0.25, 0.3) is 0 Å². The second-order valence-electron chi connectivity index (χ2n) is 5.05. The first-order valence-corrected chi connectivity index (χ1v) is 7.92. The monoisotopic (exact) mass is 268 g/mol. The van der Waals surface area contributed by atoms with Crippen molar-refractivity contribution >= 4 is 15.7 Å². The third-order valence-corrected chi connectivity index (χ3v) is 4.47. The van der Waals surface area contributed by atoms with E-state index in [0.29, 0.717) is 5.69 Å². The summed E-state index contributed by atoms with van der Waals surface area (Å²) in [5, 5.41) is 3.20. The zero-order chi connectivity index (χ0) is 13.2. The predicted molar refractivity (Wildman–Crippen MR) is 74.4 cm³/mol. The number of nitrogens with one attached hydrogen (secondary N) is 2. The van der Waals surface area contributed by atoms with Gasteiger partial charge >= 0.3 is 0 Å². The second-order valence-corrected chi connectivity index (χ2v) is 6.82. The Morgan fingerprint density at radius 3 is 2.50 bits per heavy atom. The zero-order valence-corrected chi connectivity index (χ0v) is 11.7. The van der Waals surface area contributed by atoms with Crippen molar-refractivity contribution in [1.82, 2.24) is 5.32 Å². The van der Waals surface area contributed by atoms with E-state index >= 15 is 0 Å². The van der Waals surface area contributed by atoms with E-state index in [9.17, 15) is 8.42 Å². The van der Waals surface area contributed by atoms with Crippen LogP contribution in [-0.2, 0) is 10.0 Å². The van der Waals surface area contributed by atoms with Crippen molar-refractivity contribution in [3.05, 3.63) is 29.3 Å². The molecule has 18 heavy (non-hydrogen) atoms. The largest absolute Gasteiger partial charge is 0.313 e. The summed E-state index contributed by atoms with van der Waals surface area (Å²) in [6.07, 6.45) is 2.00. The van der Waals surface area contributed by atoms with Crippen LogP contribution in [0, 0.1) is 13.8 Å². The fourth-order valence-corrected chi connectivity index (χ4v) is 3.79.